The van der Waals surface area contributed by atoms with Crippen LogP contribution in [0.1, 0.15) is 30.9 Å². The lowest BCUT2D eigenvalue weighted by Crippen LogP contribution is -2.28. The Labute approximate surface area is 149 Å². The number of benzene rings is 1. The molecule has 132 valence electrons. The van der Waals surface area contributed by atoms with Gasteiger partial charge < -0.3 is 19.5 Å². The maximum atomic E-state index is 12.3. The first-order chi connectivity index (χ1) is 11.5. The minimum atomic E-state index is -0.954. The van der Waals surface area contributed by atoms with Crippen molar-refractivity contribution in [1.82, 2.24) is 4.90 Å². The van der Waals surface area contributed by atoms with Gasteiger partial charge in [0, 0.05) is 24.8 Å². The molecule has 1 aromatic carbocycles. The Morgan fingerprint density at radius 3 is 2.46 bits per heavy atom. The van der Waals surface area contributed by atoms with Gasteiger partial charge >= 0.3 is 5.97 Å². The Bertz CT molecular complexity index is 619. The SMILES string of the molecule is COc1cc2c(cc1OCCCBr)CN(C(=O)CC(C)C(=O)O)C2. The smallest absolute Gasteiger partial charge is 0.306 e. The summed E-state index contributed by atoms with van der Waals surface area (Å²) in [4.78, 5) is 24.9. The van der Waals surface area contributed by atoms with Crippen LogP contribution < -0.4 is 9.47 Å². The summed E-state index contributed by atoms with van der Waals surface area (Å²) in [6.45, 7) is 3.07. The summed E-state index contributed by atoms with van der Waals surface area (Å²) in [6, 6.07) is 3.81. The summed E-state index contributed by atoms with van der Waals surface area (Å²) in [7, 11) is 1.59. The first-order valence-electron chi connectivity index (χ1n) is 7.85. The van der Waals surface area contributed by atoms with E-state index in [1.807, 2.05) is 12.1 Å². The van der Waals surface area contributed by atoms with Gasteiger partial charge in [0.25, 0.3) is 0 Å². The van der Waals surface area contributed by atoms with E-state index in [0.29, 0.717) is 31.2 Å². The quantitative estimate of drug-likeness (QED) is 0.537. The van der Waals surface area contributed by atoms with Crippen molar-refractivity contribution in [1.29, 1.82) is 0 Å². The lowest BCUT2D eigenvalue weighted by atomic mass is 10.1. The first-order valence-corrected chi connectivity index (χ1v) is 8.97. The Kier molecular flexibility index (Phi) is 6.48. The fraction of sp³-hybridized carbons (Fsp3) is 0.529. The minimum Gasteiger partial charge on any atom is -0.493 e. The summed E-state index contributed by atoms with van der Waals surface area (Å²) in [6.07, 6.45) is 0.896. The summed E-state index contributed by atoms with van der Waals surface area (Å²) < 4.78 is 11.1. The molecule has 0 aromatic heterocycles. The van der Waals surface area contributed by atoms with E-state index in [1.54, 1.807) is 18.9 Å². The molecule has 7 heteroatoms. The van der Waals surface area contributed by atoms with Crippen LogP contribution in [0.2, 0.25) is 0 Å². The molecule has 0 fully saturated rings. The fourth-order valence-corrected chi connectivity index (χ4v) is 2.80. The molecule has 1 unspecified atom stereocenters. The van der Waals surface area contributed by atoms with Gasteiger partial charge in [-0.05, 0) is 29.7 Å². The molecular weight excluding hydrogens is 378 g/mol. The maximum absolute atomic E-state index is 12.3. The van der Waals surface area contributed by atoms with Crippen LogP contribution in [0.5, 0.6) is 11.5 Å². The highest BCUT2D eigenvalue weighted by Gasteiger charge is 2.27. The number of carbonyl (C=O) groups is 2. The molecule has 0 saturated heterocycles. The zero-order valence-electron chi connectivity index (χ0n) is 13.9. The third kappa shape index (κ3) is 4.41. The molecular formula is C17H22BrNO5. The molecule has 1 atom stereocenters. The number of methoxy groups -OCH3 is 1. The van der Waals surface area contributed by atoms with E-state index in [9.17, 15) is 9.59 Å². The molecule has 1 aliphatic heterocycles. The number of carboxylic acid groups (broad SMARTS) is 1. The van der Waals surface area contributed by atoms with Crippen LogP contribution in [-0.2, 0) is 22.7 Å². The average Bonchev–Trinajstić information content (AvgIpc) is 2.97. The molecule has 0 bridgehead atoms. The van der Waals surface area contributed by atoms with Crippen LogP contribution in [0.15, 0.2) is 12.1 Å². The van der Waals surface area contributed by atoms with E-state index in [-0.39, 0.29) is 12.3 Å². The lowest BCUT2D eigenvalue weighted by molar-refractivity contribution is -0.145. The van der Waals surface area contributed by atoms with Crippen LogP contribution in [0.4, 0.5) is 0 Å². The molecule has 0 saturated carbocycles. The van der Waals surface area contributed by atoms with Gasteiger partial charge in [-0.3, -0.25) is 9.59 Å². The fourth-order valence-electron chi connectivity index (χ4n) is 2.57. The second-order valence-electron chi connectivity index (χ2n) is 5.86. The summed E-state index contributed by atoms with van der Waals surface area (Å²) in [5.74, 6) is -0.466. The number of rotatable bonds is 8. The van der Waals surface area contributed by atoms with Crippen molar-refractivity contribution in [3.8, 4) is 11.5 Å². The van der Waals surface area contributed by atoms with Crippen LogP contribution in [0.3, 0.4) is 0 Å². The number of amides is 1. The highest BCUT2D eigenvalue weighted by molar-refractivity contribution is 9.09. The molecule has 1 aromatic rings. The Balaban J connectivity index is 2.08. The van der Waals surface area contributed by atoms with Gasteiger partial charge in [0.05, 0.1) is 19.6 Å². The number of carboxylic acids is 1. The van der Waals surface area contributed by atoms with E-state index in [0.717, 1.165) is 22.9 Å². The number of nitrogens with zero attached hydrogens (tertiary/aromatic N) is 1. The van der Waals surface area contributed by atoms with Gasteiger partial charge in [0.2, 0.25) is 5.91 Å². The van der Waals surface area contributed by atoms with Crippen molar-refractivity contribution in [3.63, 3.8) is 0 Å². The van der Waals surface area contributed by atoms with Gasteiger partial charge in [0.15, 0.2) is 11.5 Å². The van der Waals surface area contributed by atoms with Gasteiger partial charge in [-0.1, -0.05) is 22.9 Å². The predicted molar refractivity (Wildman–Crippen MR) is 92.6 cm³/mol. The van der Waals surface area contributed by atoms with Crippen molar-refractivity contribution >= 4 is 27.8 Å². The third-order valence-corrected chi connectivity index (χ3v) is 4.56. The number of carbonyl (C=O) groups excluding carboxylic acids is 1. The van der Waals surface area contributed by atoms with Crippen LogP contribution in [0, 0.1) is 5.92 Å². The molecule has 1 heterocycles. The van der Waals surface area contributed by atoms with Crippen molar-refractivity contribution in [3.05, 3.63) is 23.3 Å². The van der Waals surface area contributed by atoms with Crippen LogP contribution >= 0.6 is 15.9 Å². The molecule has 24 heavy (non-hydrogen) atoms. The Morgan fingerprint density at radius 2 is 1.92 bits per heavy atom. The highest BCUT2D eigenvalue weighted by atomic mass is 79.9. The lowest BCUT2D eigenvalue weighted by Gasteiger charge is -2.16. The molecule has 6 nitrogen and oxygen atoms in total. The minimum absolute atomic E-state index is 0.00899. The number of hydrogen-bond donors (Lipinski definition) is 1. The Morgan fingerprint density at radius 1 is 1.29 bits per heavy atom. The normalized spacial score (nSPS) is 14.2. The standard InChI is InChI=1S/C17H22BrNO5/c1-11(17(21)22)6-16(20)19-9-12-7-14(23-2)15(8-13(12)10-19)24-5-3-4-18/h7-8,11H,3-6,9-10H2,1-2H3,(H,21,22). The number of hydrogen-bond acceptors (Lipinski definition) is 4. The average molecular weight is 400 g/mol. The highest BCUT2D eigenvalue weighted by Crippen LogP contribution is 2.35. The molecule has 0 aliphatic carbocycles. The number of fused-ring (bicyclic) bond motifs is 1. The van der Waals surface area contributed by atoms with Gasteiger partial charge in [-0.15, -0.1) is 0 Å². The van der Waals surface area contributed by atoms with E-state index >= 15 is 0 Å². The van der Waals surface area contributed by atoms with Crippen molar-refractivity contribution < 1.29 is 24.2 Å². The van der Waals surface area contributed by atoms with Gasteiger partial charge in [-0.25, -0.2) is 0 Å². The van der Waals surface area contributed by atoms with Gasteiger partial charge in [0.1, 0.15) is 0 Å². The van der Waals surface area contributed by atoms with E-state index in [2.05, 4.69) is 15.9 Å². The van der Waals surface area contributed by atoms with E-state index < -0.39 is 11.9 Å². The number of alkyl halides is 1. The molecule has 1 amide bonds. The van der Waals surface area contributed by atoms with Crippen LogP contribution in [-0.4, -0.2) is 40.9 Å². The monoisotopic (exact) mass is 399 g/mol. The topological polar surface area (TPSA) is 76.1 Å². The van der Waals surface area contributed by atoms with Crippen molar-refractivity contribution in [2.45, 2.75) is 32.9 Å². The number of ether oxygens (including phenoxy) is 2. The molecule has 1 aliphatic rings. The second kappa shape index (κ2) is 8.37. The first kappa shape index (κ1) is 18.6. The zero-order valence-corrected chi connectivity index (χ0v) is 15.5. The van der Waals surface area contributed by atoms with Crippen molar-refractivity contribution in [2.75, 3.05) is 19.0 Å². The molecule has 0 radical (unpaired) electrons. The largest absolute Gasteiger partial charge is 0.493 e. The van der Waals surface area contributed by atoms with E-state index in [4.69, 9.17) is 14.6 Å². The van der Waals surface area contributed by atoms with E-state index in [1.165, 1.54) is 0 Å². The third-order valence-electron chi connectivity index (χ3n) is 4.00. The summed E-state index contributed by atoms with van der Waals surface area (Å²) >= 11 is 3.36. The summed E-state index contributed by atoms with van der Waals surface area (Å²) in [5.41, 5.74) is 2.02. The van der Waals surface area contributed by atoms with Gasteiger partial charge in [-0.2, -0.15) is 0 Å². The molecule has 1 N–H and O–H groups in total. The molecule has 2 rings (SSSR count). The van der Waals surface area contributed by atoms with Crippen molar-refractivity contribution in [2.24, 2.45) is 5.92 Å². The number of halogens is 1. The second-order valence-corrected chi connectivity index (χ2v) is 6.65. The summed E-state index contributed by atoms with van der Waals surface area (Å²) in [5, 5.41) is 9.81. The maximum Gasteiger partial charge on any atom is 0.306 e. The zero-order chi connectivity index (χ0) is 17.7. The number of aliphatic carboxylic acids is 1. The van der Waals surface area contributed by atoms with Crippen LogP contribution in [0.25, 0.3) is 0 Å². The molecule has 0 spiro atoms. The predicted octanol–water partition coefficient (Wildman–Crippen LogP) is 2.81. The Hall–Kier alpha value is -1.76.